The molecule has 0 saturated heterocycles. The summed E-state index contributed by atoms with van der Waals surface area (Å²) in [6.45, 7) is 0. The van der Waals surface area contributed by atoms with Gasteiger partial charge in [-0.15, -0.1) is 0 Å². The number of carbonyl (C=O) groups excluding carboxylic acids is 1. The molecule has 0 aliphatic heterocycles. The molecule has 0 aromatic heterocycles. The Labute approximate surface area is 135 Å². The number of ether oxygens (including phenoxy) is 1. The number of amides is 1. The minimum atomic E-state index is -0.304. The number of methoxy groups -OCH3 is 1. The first-order valence-electron chi connectivity index (χ1n) is 5.60. The number of halogens is 3. The number of nitrogens with one attached hydrogen (secondary N) is 1. The Morgan fingerprint density at radius 1 is 1.15 bits per heavy atom. The Hall–Kier alpha value is -1.23. The molecule has 20 heavy (non-hydrogen) atoms. The summed E-state index contributed by atoms with van der Waals surface area (Å²) < 4.78 is 5.96. The van der Waals surface area contributed by atoms with Gasteiger partial charge >= 0.3 is 0 Å². The van der Waals surface area contributed by atoms with Crippen LogP contribution in [0.25, 0.3) is 0 Å². The molecular weight excluding hydrogens is 365 g/mol. The lowest BCUT2D eigenvalue weighted by molar-refractivity contribution is 0.102. The van der Waals surface area contributed by atoms with Crippen LogP contribution in [0.2, 0.25) is 10.0 Å². The second-order valence-corrected chi connectivity index (χ2v) is 5.75. The van der Waals surface area contributed by atoms with E-state index in [2.05, 4.69) is 21.2 Å². The summed E-state index contributed by atoms with van der Waals surface area (Å²) in [5.74, 6) is 0.181. The van der Waals surface area contributed by atoms with E-state index in [0.717, 1.165) is 4.47 Å². The summed E-state index contributed by atoms with van der Waals surface area (Å²) in [6, 6.07) is 10.0. The second-order valence-electron chi connectivity index (χ2n) is 3.96. The molecule has 0 unspecified atom stereocenters. The van der Waals surface area contributed by atoms with Gasteiger partial charge in [0, 0.05) is 20.2 Å². The zero-order valence-electron chi connectivity index (χ0n) is 10.4. The molecule has 0 atom stereocenters. The van der Waals surface area contributed by atoms with Crippen molar-refractivity contribution in [2.45, 2.75) is 0 Å². The zero-order valence-corrected chi connectivity index (χ0v) is 13.5. The molecule has 0 saturated carbocycles. The monoisotopic (exact) mass is 373 g/mol. The SMILES string of the molecule is COc1ccc(Br)cc1C(=O)Nc1cc(Cl)cc(Cl)c1. The second kappa shape index (κ2) is 6.48. The summed E-state index contributed by atoms with van der Waals surface area (Å²) >= 11 is 15.1. The van der Waals surface area contributed by atoms with E-state index in [1.807, 2.05) is 0 Å². The topological polar surface area (TPSA) is 38.3 Å². The lowest BCUT2D eigenvalue weighted by Crippen LogP contribution is -2.13. The third-order valence-corrected chi connectivity index (χ3v) is 3.46. The normalized spacial score (nSPS) is 10.2. The van der Waals surface area contributed by atoms with Gasteiger partial charge in [0.05, 0.1) is 12.7 Å². The van der Waals surface area contributed by atoms with E-state index in [1.54, 1.807) is 36.4 Å². The van der Waals surface area contributed by atoms with Gasteiger partial charge in [-0.1, -0.05) is 39.1 Å². The molecular formula is C14H10BrCl2NO2. The minimum Gasteiger partial charge on any atom is -0.496 e. The van der Waals surface area contributed by atoms with Gasteiger partial charge in [0.15, 0.2) is 0 Å². The molecule has 0 fully saturated rings. The van der Waals surface area contributed by atoms with E-state index in [-0.39, 0.29) is 5.91 Å². The highest BCUT2D eigenvalue weighted by Crippen LogP contribution is 2.26. The molecule has 1 amide bonds. The average Bonchev–Trinajstić information content (AvgIpc) is 2.37. The largest absolute Gasteiger partial charge is 0.496 e. The number of rotatable bonds is 3. The first kappa shape index (κ1) is 15.2. The third-order valence-electron chi connectivity index (χ3n) is 2.53. The van der Waals surface area contributed by atoms with Crippen LogP contribution in [-0.2, 0) is 0 Å². The van der Waals surface area contributed by atoms with Crippen molar-refractivity contribution in [1.29, 1.82) is 0 Å². The molecule has 6 heteroatoms. The van der Waals surface area contributed by atoms with E-state index >= 15 is 0 Å². The van der Waals surface area contributed by atoms with Crippen LogP contribution in [0.1, 0.15) is 10.4 Å². The predicted molar refractivity (Wildman–Crippen MR) is 85.1 cm³/mol. The Balaban J connectivity index is 2.30. The molecule has 2 aromatic carbocycles. The fourth-order valence-corrected chi connectivity index (χ4v) is 2.57. The van der Waals surface area contributed by atoms with Crippen molar-refractivity contribution in [3.05, 3.63) is 56.5 Å². The van der Waals surface area contributed by atoms with Gasteiger partial charge in [-0.2, -0.15) is 0 Å². The van der Waals surface area contributed by atoms with Gasteiger partial charge in [0.25, 0.3) is 5.91 Å². The zero-order chi connectivity index (χ0) is 14.7. The van der Waals surface area contributed by atoms with Crippen molar-refractivity contribution in [1.82, 2.24) is 0 Å². The number of anilines is 1. The van der Waals surface area contributed by atoms with Crippen molar-refractivity contribution in [3.8, 4) is 5.75 Å². The summed E-state index contributed by atoms with van der Waals surface area (Å²) in [6.07, 6.45) is 0. The van der Waals surface area contributed by atoms with Crippen LogP contribution in [0.5, 0.6) is 5.75 Å². The quantitative estimate of drug-likeness (QED) is 0.819. The standard InChI is InChI=1S/C14H10BrCl2NO2/c1-20-13-3-2-8(15)4-12(13)14(19)18-11-6-9(16)5-10(17)7-11/h2-7H,1H3,(H,18,19). The molecule has 0 aliphatic rings. The Kier molecular flexibility index (Phi) is 4.91. The molecule has 104 valence electrons. The minimum absolute atomic E-state index is 0.304. The molecule has 0 spiro atoms. The van der Waals surface area contributed by atoms with Gasteiger partial charge < -0.3 is 10.1 Å². The van der Waals surface area contributed by atoms with Gasteiger partial charge in [-0.3, -0.25) is 4.79 Å². The lowest BCUT2D eigenvalue weighted by Gasteiger charge is -2.10. The average molecular weight is 375 g/mol. The molecule has 0 radical (unpaired) electrons. The summed E-state index contributed by atoms with van der Waals surface area (Å²) in [5.41, 5.74) is 0.938. The van der Waals surface area contributed by atoms with Gasteiger partial charge in [-0.05, 0) is 36.4 Å². The summed E-state index contributed by atoms with van der Waals surface area (Å²) in [7, 11) is 1.51. The fraction of sp³-hybridized carbons (Fsp3) is 0.0714. The van der Waals surface area contributed by atoms with Gasteiger partial charge in [0.1, 0.15) is 5.75 Å². The number of benzene rings is 2. The smallest absolute Gasteiger partial charge is 0.259 e. The lowest BCUT2D eigenvalue weighted by atomic mass is 10.2. The van der Waals surface area contributed by atoms with Crippen LogP contribution < -0.4 is 10.1 Å². The Morgan fingerprint density at radius 3 is 2.40 bits per heavy atom. The van der Waals surface area contributed by atoms with Gasteiger partial charge in [-0.25, -0.2) is 0 Å². The Morgan fingerprint density at radius 2 is 1.80 bits per heavy atom. The fourth-order valence-electron chi connectivity index (χ4n) is 1.68. The molecule has 0 aliphatic carbocycles. The van der Waals surface area contributed by atoms with E-state index < -0.39 is 0 Å². The third kappa shape index (κ3) is 3.66. The van der Waals surface area contributed by atoms with Crippen LogP contribution in [0.3, 0.4) is 0 Å². The number of carbonyl (C=O) groups is 1. The van der Waals surface area contributed by atoms with E-state index in [9.17, 15) is 4.79 Å². The molecule has 0 heterocycles. The predicted octanol–water partition coefficient (Wildman–Crippen LogP) is 5.02. The van der Waals surface area contributed by atoms with Crippen molar-refractivity contribution in [2.24, 2.45) is 0 Å². The molecule has 2 aromatic rings. The number of hydrogen-bond donors (Lipinski definition) is 1. The molecule has 0 bridgehead atoms. The Bertz CT molecular complexity index is 641. The first-order valence-corrected chi connectivity index (χ1v) is 7.15. The maximum atomic E-state index is 12.3. The maximum Gasteiger partial charge on any atom is 0.259 e. The van der Waals surface area contributed by atoms with Crippen LogP contribution in [0, 0.1) is 0 Å². The number of hydrogen-bond acceptors (Lipinski definition) is 2. The summed E-state index contributed by atoms with van der Waals surface area (Å²) in [4.78, 5) is 12.3. The van der Waals surface area contributed by atoms with Crippen molar-refractivity contribution < 1.29 is 9.53 Å². The molecule has 3 nitrogen and oxygen atoms in total. The highest BCUT2D eigenvalue weighted by Gasteiger charge is 2.13. The van der Waals surface area contributed by atoms with Crippen LogP contribution in [0.15, 0.2) is 40.9 Å². The molecule has 2 rings (SSSR count). The molecule has 1 N–H and O–H groups in total. The van der Waals surface area contributed by atoms with E-state index in [0.29, 0.717) is 27.0 Å². The highest BCUT2D eigenvalue weighted by molar-refractivity contribution is 9.10. The van der Waals surface area contributed by atoms with Crippen LogP contribution in [0.4, 0.5) is 5.69 Å². The van der Waals surface area contributed by atoms with Crippen molar-refractivity contribution >= 4 is 50.7 Å². The van der Waals surface area contributed by atoms with E-state index in [1.165, 1.54) is 7.11 Å². The maximum absolute atomic E-state index is 12.3. The first-order chi connectivity index (χ1) is 9.49. The van der Waals surface area contributed by atoms with Gasteiger partial charge in [0.2, 0.25) is 0 Å². The van der Waals surface area contributed by atoms with Crippen LogP contribution >= 0.6 is 39.1 Å². The van der Waals surface area contributed by atoms with E-state index in [4.69, 9.17) is 27.9 Å². The highest BCUT2D eigenvalue weighted by atomic mass is 79.9. The van der Waals surface area contributed by atoms with Crippen molar-refractivity contribution in [2.75, 3.05) is 12.4 Å². The summed E-state index contributed by atoms with van der Waals surface area (Å²) in [5, 5.41) is 3.64. The van der Waals surface area contributed by atoms with Crippen molar-refractivity contribution in [3.63, 3.8) is 0 Å². The van der Waals surface area contributed by atoms with Crippen LogP contribution in [-0.4, -0.2) is 13.0 Å².